The molecule has 1 aliphatic heterocycles. The highest BCUT2D eigenvalue weighted by Crippen LogP contribution is 2.15. The van der Waals surface area contributed by atoms with Crippen molar-refractivity contribution in [2.24, 2.45) is 7.05 Å². The molecule has 0 aliphatic carbocycles. The molecule has 3 heterocycles. The summed E-state index contributed by atoms with van der Waals surface area (Å²) < 4.78 is 6.97. The van der Waals surface area contributed by atoms with Gasteiger partial charge >= 0.3 is 6.03 Å². The maximum atomic E-state index is 12.0. The number of aromatic nitrogens is 3. The predicted molar refractivity (Wildman–Crippen MR) is 81.1 cm³/mol. The van der Waals surface area contributed by atoms with Crippen LogP contribution in [-0.4, -0.2) is 52.0 Å². The SMILES string of the molecule is Cn1cc(-c2ccc(CNC(=O)N3CCOCC3)cn2)cn1. The molecular weight excluding hydrogens is 282 g/mol. The molecule has 7 heteroatoms. The van der Waals surface area contributed by atoms with Crippen molar-refractivity contribution in [2.75, 3.05) is 26.3 Å². The minimum absolute atomic E-state index is 0.0559. The number of nitrogens with zero attached hydrogens (tertiary/aromatic N) is 4. The third kappa shape index (κ3) is 3.43. The van der Waals surface area contributed by atoms with Crippen LogP contribution in [0.1, 0.15) is 5.56 Å². The van der Waals surface area contributed by atoms with Crippen LogP contribution in [0.25, 0.3) is 11.3 Å². The standard InChI is InChI=1S/C15H19N5O2/c1-19-11-13(10-18-19)14-3-2-12(8-16-14)9-17-15(21)20-4-6-22-7-5-20/h2-3,8,10-11H,4-7,9H2,1H3,(H,17,21). The topological polar surface area (TPSA) is 72.3 Å². The van der Waals surface area contributed by atoms with Crippen molar-refractivity contribution >= 4 is 6.03 Å². The van der Waals surface area contributed by atoms with Gasteiger partial charge in [0.05, 0.1) is 25.1 Å². The van der Waals surface area contributed by atoms with Gasteiger partial charge in [-0.1, -0.05) is 6.07 Å². The lowest BCUT2D eigenvalue weighted by atomic mass is 10.2. The molecule has 2 aromatic heterocycles. The predicted octanol–water partition coefficient (Wildman–Crippen LogP) is 1.02. The highest BCUT2D eigenvalue weighted by molar-refractivity contribution is 5.74. The van der Waals surface area contributed by atoms with Crippen molar-refractivity contribution in [3.8, 4) is 11.3 Å². The highest BCUT2D eigenvalue weighted by Gasteiger charge is 2.16. The third-order valence-corrected chi connectivity index (χ3v) is 3.57. The molecule has 22 heavy (non-hydrogen) atoms. The molecule has 0 bridgehead atoms. The number of morpholine rings is 1. The monoisotopic (exact) mass is 301 g/mol. The third-order valence-electron chi connectivity index (χ3n) is 3.57. The molecule has 0 unspecified atom stereocenters. The number of carbonyl (C=O) groups excluding carboxylic acids is 1. The van der Waals surface area contributed by atoms with Crippen LogP contribution >= 0.6 is 0 Å². The number of rotatable bonds is 3. The van der Waals surface area contributed by atoms with Crippen LogP contribution in [0.3, 0.4) is 0 Å². The first-order valence-electron chi connectivity index (χ1n) is 7.27. The van der Waals surface area contributed by atoms with Crippen molar-refractivity contribution in [2.45, 2.75) is 6.54 Å². The molecule has 0 aromatic carbocycles. The number of pyridine rings is 1. The van der Waals surface area contributed by atoms with E-state index in [1.807, 2.05) is 25.4 Å². The van der Waals surface area contributed by atoms with Crippen LogP contribution in [0.15, 0.2) is 30.7 Å². The first-order chi connectivity index (χ1) is 10.7. The van der Waals surface area contributed by atoms with Crippen molar-refractivity contribution < 1.29 is 9.53 Å². The van der Waals surface area contributed by atoms with E-state index in [0.29, 0.717) is 32.8 Å². The van der Waals surface area contributed by atoms with Gasteiger partial charge in [-0.15, -0.1) is 0 Å². The lowest BCUT2D eigenvalue weighted by Crippen LogP contribution is -2.45. The van der Waals surface area contributed by atoms with Crippen LogP contribution in [0, 0.1) is 0 Å². The van der Waals surface area contributed by atoms with Gasteiger partial charge in [0, 0.05) is 44.6 Å². The summed E-state index contributed by atoms with van der Waals surface area (Å²) in [5, 5.41) is 7.04. The van der Waals surface area contributed by atoms with E-state index in [4.69, 9.17) is 4.74 Å². The molecule has 2 amide bonds. The van der Waals surface area contributed by atoms with Gasteiger partial charge in [-0.05, 0) is 11.6 Å². The molecule has 0 saturated carbocycles. The molecule has 3 rings (SSSR count). The van der Waals surface area contributed by atoms with Crippen LogP contribution < -0.4 is 5.32 Å². The first-order valence-corrected chi connectivity index (χ1v) is 7.27. The minimum atomic E-state index is -0.0559. The van der Waals surface area contributed by atoms with E-state index in [1.54, 1.807) is 22.0 Å². The summed E-state index contributed by atoms with van der Waals surface area (Å²) in [7, 11) is 1.87. The molecule has 7 nitrogen and oxygen atoms in total. The Morgan fingerprint density at radius 3 is 2.77 bits per heavy atom. The van der Waals surface area contributed by atoms with Gasteiger partial charge < -0.3 is 15.0 Å². The fourth-order valence-electron chi connectivity index (χ4n) is 2.31. The van der Waals surface area contributed by atoms with Crippen molar-refractivity contribution in [3.63, 3.8) is 0 Å². The zero-order chi connectivity index (χ0) is 15.4. The van der Waals surface area contributed by atoms with E-state index >= 15 is 0 Å². The first kappa shape index (κ1) is 14.5. The summed E-state index contributed by atoms with van der Waals surface area (Å²) in [6, 6.07) is 3.85. The molecule has 1 N–H and O–H groups in total. The number of aryl methyl sites for hydroxylation is 1. The molecular formula is C15H19N5O2. The maximum absolute atomic E-state index is 12.0. The zero-order valence-corrected chi connectivity index (χ0v) is 12.5. The van der Waals surface area contributed by atoms with E-state index in [-0.39, 0.29) is 6.03 Å². The van der Waals surface area contributed by atoms with Crippen molar-refractivity contribution in [1.82, 2.24) is 25.0 Å². The van der Waals surface area contributed by atoms with E-state index < -0.39 is 0 Å². The van der Waals surface area contributed by atoms with E-state index in [9.17, 15) is 4.79 Å². The van der Waals surface area contributed by atoms with Gasteiger partial charge in [-0.25, -0.2) is 4.79 Å². The Bertz CT molecular complexity index is 632. The highest BCUT2D eigenvalue weighted by atomic mass is 16.5. The number of carbonyl (C=O) groups is 1. The summed E-state index contributed by atoms with van der Waals surface area (Å²) in [5.74, 6) is 0. The molecule has 1 saturated heterocycles. The Kier molecular flexibility index (Phi) is 4.34. The number of urea groups is 1. The molecule has 1 aliphatic rings. The number of nitrogens with one attached hydrogen (secondary N) is 1. The zero-order valence-electron chi connectivity index (χ0n) is 12.5. The molecule has 1 fully saturated rings. The Labute approximate surface area is 128 Å². The molecule has 0 spiro atoms. The number of amides is 2. The largest absolute Gasteiger partial charge is 0.378 e. The van der Waals surface area contributed by atoms with Crippen LogP contribution in [0.4, 0.5) is 4.79 Å². The summed E-state index contributed by atoms with van der Waals surface area (Å²) in [4.78, 5) is 18.2. The van der Waals surface area contributed by atoms with Crippen molar-refractivity contribution in [3.05, 3.63) is 36.3 Å². The van der Waals surface area contributed by atoms with E-state index in [1.165, 1.54) is 0 Å². The number of hydrogen-bond acceptors (Lipinski definition) is 4. The van der Waals surface area contributed by atoms with Crippen LogP contribution in [-0.2, 0) is 18.3 Å². The fourth-order valence-corrected chi connectivity index (χ4v) is 2.31. The Balaban J connectivity index is 1.56. The molecule has 2 aromatic rings. The lowest BCUT2D eigenvalue weighted by molar-refractivity contribution is 0.0531. The van der Waals surface area contributed by atoms with E-state index in [0.717, 1.165) is 16.8 Å². The second-order valence-corrected chi connectivity index (χ2v) is 5.21. The Morgan fingerprint density at radius 1 is 1.32 bits per heavy atom. The Hall–Kier alpha value is -2.41. The number of hydrogen-bond donors (Lipinski definition) is 1. The lowest BCUT2D eigenvalue weighted by Gasteiger charge is -2.26. The average Bonchev–Trinajstić information content (AvgIpc) is 3.00. The Morgan fingerprint density at radius 2 is 2.14 bits per heavy atom. The van der Waals surface area contributed by atoms with Crippen LogP contribution in [0.2, 0.25) is 0 Å². The summed E-state index contributed by atoms with van der Waals surface area (Å²) in [5.41, 5.74) is 2.82. The van der Waals surface area contributed by atoms with E-state index in [2.05, 4.69) is 15.4 Å². The molecule has 116 valence electrons. The summed E-state index contributed by atoms with van der Waals surface area (Å²) >= 11 is 0. The van der Waals surface area contributed by atoms with Gasteiger partial charge in [0.25, 0.3) is 0 Å². The summed E-state index contributed by atoms with van der Waals surface area (Å²) in [6.45, 7) is 2.97. The number of ether oxygens (including phenoxy) is 1. The molecule has 0 radical (unpaired) electrons. The maximum Gasteiger partial charge on any atom is 0.317 e. The van der Waals surface area contributed by atoms with Gasteiger partial charge in [0.15, 0.2) is 0 Å². The second kappa shape index (κ2) is 6.57. The minimum Gasteiger partial charge on any atom is -0.378 e. The van der Waals surface area contributed by atoms with Gasteiger partial charge in [0.2, 0.25) is 0 Å². The van der Waals surface area contributed by atoms with Crippen molar-refractivity contribution in [1.29, 1.82) is 0 Å². The second-order valence-electron chi connectivity index (χ2n) is 5.21. The fraction of sp³-hybridized carbons (Fsp3) is 0.400. The van der Waals surface area contributed by atoms with Gasteiger partial charge in [-0.2, -0.15) is 5.10 Å². The summed E-state index contributed by atoms with van der Waals surface area (Å²) in [6.07, 6.45) is 5.48. The smallest absolute Gasteiger partial charge is 0.317 e. The normalized spacial score (nSPS) is 14.9. The molecule has 0 atom stereocenters. The van der Waals surface area contributed by atoms with Crippen LogP contribution in [0.5, 0.6) is 0 Å². The quantitative estimate of drug-likeness (QED) is 0.919. The average molecular weight is 301 g/mol. The van der Waals surface area contributed by atoms with Gasteiger partial charge in [-0.3, -0.25) is 9.67 Å². The van der Waals surface area contributed by atoms with Gasteiger partial charge in [0.1, 0.15) is 0 Å².